The van der Waals surface area contributed by atoms with E-state index in [1.807, 2.05) is 23.7 Å². The molecule has 9 nitrogen and oxygen atoms in total. The maximum absolute atomic E-state index is 12.8. The first-order chi connectivity index (χ1) is 18.7. The van der Waals surface area contributed by atoms with Gasteiger partial charge in [0.05, 0.1) is 29.0 Å². The molecule has 0 aliphatic heterocycles. The van der Waals surface area contributed by atoms with Crippen LogP contribution < -0.4 is 5.32 Å². The van der Waals surface area contributed by atoms with E-state index in [0.29, 0.717) is 22.9 Å². The van der Waals surface area contributed by atoms with Crippen LogP contribution in [0.15, 0.2) is 59.9 Å². The number of hydrogen-bond acceptors (Lipinski definition) is 7. The summed E-state index contributed by atoms with van der Waals surface area (Å²) < 4.78 is 0. The minimum atomic E-state index is 0.0792. The monoisotopic (exact) mass is 520 g/mol. The summed E-state index contributed by atoms with van der Waals surface area (Å²) in [4.78, 5) is 34.4. The van der Waals surface area contributed by atoms with Crippen LogP contribution in [-0.2, 0) is 4.79 Å². The summed E-state index contributed by atoms with van der Waals surface area (Å²) >= 11 is 1.64. The zero-order valence-electron chi connectivity index (χ0n) is 20.4. The topological polar surface area (TPSA) is 125 Å². The molecule has 1 aliphatic carbocycles. The lowest BCUT2D eigenvalue weighted by molar-refractivity contribution is -0.120. The van der Waals surface area contributed by atoms with Gasteiger partial charge < -0.3 is 10.3 Å². The number of anilines is 1. The first-order valence-electron chi connectivity index (χ1n) is 12.7. The number of aromatic amines is 2. The number of carbonyl (C=O) groups is 1. The third-order valence-electron chi connectivity index (χ3n) is 7.18. The molecule has 7 rings (SSSR count). The van der Waals surface area contributed by atoms with Crippen molar-refractivity contribution in [3.05, 3.63) is 59.9 Å². The van der Waals surface area contributed by atoms with Gasteiger partial charge >= 0.3 is 0 Å². The van der Waals surface area contributed by atoms with E-state index in [0.717, 1.165) is 64.4 Å². The maximum atomic E-state index is 12.8. The van der Waals surface area contributed by atoms with Gasteiger partial charge in [-0.15, -0.1) is 0 Å². The lowest BCUT2D eigenvalue weighted by atomic mass is 9.88. The molecule has 0 saturated heterocycles. The molecule has 0 spiro atoms. The highest BCUT2D eigenvalue weighted by atomic mass is 32.1. The second-order valence-corrected chi connectivity index (χ2v) is 10.4. The number of carbonyl (C=O) groups excluding carboxylic acids is 1. The molecule has 38 heavy (non-hydrogen) atoms. The van der Waals surface area contributed by atoms with Gasteiger partial charge in [-0.2, -0.15) is 16.4 Å². The third-order valence-corrected chi connectivity index (χ3v) is 7.87. The molecule has 3 N–H and O–H groups in total. The summed E-state index contributed by atoms with van der Waals surface area (Å²) in [6.45, 7) is 0. The van der Waals surface area contributed by atoms with Gasteiger partial charge in [0.2, 0.25) is 5.91 Å². The predicted octanol–water partition coefficient (Wildman–Crippen LogP) is 6.21. The quantitative estimate of drug-likeness (QED) is 0.248. The number of H-pyrrole nitrogens is 2. The van der Waals surface area contributed by atoms with Crippen molar-refractivity contribution in [1.29, 1.82) is 0 Å². The van der Waals surface area contributed by atoms with Crippen molar-refractivity contribution >= 4 is 45.0 Å². The Kier molecular flexibility index (Phi) is 5.66. The van der Waals surface area contributed by atoms with Crippen LogP contribution >= 0.6 is 11.3 Å². The molecule has 6 aromatic rings. The van der Waals surface area contributed by atoms with Gasteiger partial charge in [0.25, 0.3) is 0 Å². The molecule has 1 amide bonds. The van der Waals surface area contributed by atoms with E-state index < -0.39 is 0 Å². The summed E-state index contributed by atoms with van der Waals surface area (Å²) in [5.74, 6) is 0.801. The number of aromatic nitrogens is 7. The molecule has 1 fully saturated rings. The number of rotatable bonds is 5. The summed E-state index contributed by atoms with van der Waals surface area (Å²) in [7, 11) is 0. The average Bonchev–Trinajstić information content (AvgIpc) is 3.73. The van der Waals surface area contributed by atoms with Gasteiger partial charge in [-0.05, 0) is 47.4 Å². The van der Waals surface area contributed by atoms with Crippen molar-refractivity contribution in [2.24, 2.45) is 5.92 Å². The fourth-order valence-electron chi connectivity index (χ4n) is 5.19. The van der Waals surface area contributed by atoms with Crippen molar-refractivity contribution < 1.29 is 4.79 Å². The van der Waals surface area contributed by atoms with Crippen molar-refractivity contribution in [2.45, 2.75) is 32.1 Å². The first kappa shape index (κ1) is 22.7. The zero-order chi connectivity index (χ0) is 25.5. The number of nitrogens with zero attached hydrogens (tertiary/aromatic N) is 5. The highest BCUT2D eigenvalue weighted by Crippen LogP contribution is 2.33. The van der Waals surface area contributed by atoms with Crippen LogP contribution in [0, 0.1) is 5.92 Å². The van der Waals surface area contributed by atoms with Crippen LogP contribution in [0.5, 0.6) is 0 Å². The summed E-state index contributed by atoms with van der Waals surface area (Å²) in [5, 5.41) is 15.6. The normalized spacial score (nSPS) is 14.3. The Bertz CT molecular complexity index is 1760. The fraction of sp³-hybridized carbons (Fsp3) is 0.214. The SMILES string of the molecule is O=C(Nc1cncc(-c2cnc3[nH]nc(-c4nc5c(-c6ccsc6)cncc5[nH]4)c3c2)c1)C1CCCCC1. The minimum absolute atomic E-state index is 0.0792. The molecule has 0 unspecified atom stereocenters. The van der Waals surface area contributed by atoms with Crippen LogP contribution in [0.25, 0.3) is 55.8 Å². The smallest absolute Gasteiger partial charge is 0.227 e. The van der Waals surface area contributed by atoms with Gasteiger partial charge in [0.1, 0.15) is 11.2 Å². The van der Waals surface area contributed by atoms with E-state index in [4.69, 9.17) is 4.98 Å². The van der Waals surface area contributed by atoms with Gasteiger partial charge in [-0.1, -0.05) is 19.3 Å². The first-order valence-corrected chi connectivity index (χ1v) is 13.6. The second-order valence-electron chi connectivity index (χ2n) is 9.66. The van der Waals surface area contributed by atoms with Gasteiger partial charge in [0, 0.05) is 41.2 Å². The summed E-state index contributed by atoms with van der Waals surface area (Å²) in [5.41, 5.74) is 7.52. The highest BCUT2D eigenvalue weighted by Gasteiger charge is 2.21. The van der Waals surface area contributed by atoms with Crippen LogP contribution in [0.4, 0.5) is 5.69 Å². The van der Waals surface area contributed by atoms with Crippen molar-refractivity contribution in [2.75, 3.05) is 5.32 Å². The molecular weight excluding hydrogens is 496 g/mol. The average molecular weight is 521 g/mol. The lowest BCUT2D eigenvalue weighted by Gasteiger charge is -2.20. The second kappa shape index (κ2) is 9.46. The Balaban J connectivity index is 1.23. The van der Waals surface area contributed by atoms with Crippen LogP contribution in [0.3, 0.4) is 0 Å². The molecule has 6 aromatic heterocycles. The van der Waals surface area contributed by atoms with Crippen molar-refractivity contribution in [3.8, 4) is 33.8 Å². The summed E-state index contributed by atoms with van der Waals surface area (Å²) in [6, 6.07) is 6.03. The Morgan fingerprint density at radius 2 is 1.84 bits per heavy atom. The Hall–Kier alpha value is -4.44. The molecule has 188 valence electrons. The number of imidazole rings is 1. The molecule has 0 atom stereocenters. The van der Waals surface area contributed by atoms with E-state index in [2.05, 4.69) is 46.9 Å². The molecule has 6 heterocycles. The highest BCUT2D eigenvalue weighted by molar-refractivity contribution is 7.08. The van der Waals surface area contributed by atoms with Crippen LogP contribution in [-0.4, -0.2) is 41.0 Å². The van der Waals surface area contributed by atoms with E-state index in [9.17, 15) is 4.79 Å². The zero-order valence-corrected chi connectivity index (χ0v) is 21.3. The molecule has 1 aliphatic rings. The molecule has 10 heteroatoms. The summed E-state index contributed by atoms with van der Waals surface area (Å²) in [6.07, 6.45) is 14.2. The Morgan fingerprint density at radius 3 is 2.71 bits per heavy atom. The molecule has 0 bridgehead atoms. The molecule has 1 saturated carbocycles. The largest absolute Gasteiger partial charge is 0.335 e. The van der Waals surface area contributed by atoms with E-state index >= 15 is 0 Å². The third kappa shape index (κ3) is 4.12. The van der Waals surface area contributed by atoms with E-state index in [1.165, 1.54) is 6.42 Å². The number of thiophene rings is 1. The number of hydrogen-bond donors (Lipinski definition) is 3. The molecular formula is C28H24N8OS. The van der Waals surface area contributed by atoms with E-state index in [-0.39, 0.29) is 11.8 Å². The fourth-order valence-corrected chi connectivity index (χ4v) is 5.85. The van der Waals surface area contributed by atoms with Gasteiger partial charge in [-0.3, -0.25) is 19.9 Å². The molecule has 0 radical (unpaired) electrons. The molecule has 0 aromatic carbocycles. The predicted molar refractivity (Wildman–Crippen MR) is 149 cm³/mol. The Labute approximate surface area is 221 Å². The number of amides is 1. The standard InChI is InChI=1S/C28H24N8OS/c37-28(16-4-2-1-3-5-16)32-20-8-18(10-29-12-20)19-9-21-25(35-36-26(21)31-11-19)27-33-23-14-30-13-22(24(23)34-27)17-6-7-38-15-17/h6-16H,1-5H2,(H,32,37)(H,33,34)(H,31,35,36). The number of nitrogens with one attached hydrogen (secondary N) is 3. The van der Waals surface area contributed by atoms with Crippen molar-refractivity contribution in [3.63, 3.8) is 0 Å². The van der Waals surface area contributed by atoms with Gasteiger partial charge in [0.15, 0.2) is 11.5 Å². The maximum Gasteiger partial charge on any atom is 0.227 e. The van der Waals surface area contributed by atoms with Crippen LogP contribution in [0.2, 0.25) is 0 Å². The van der Waals surface area contributed by atoms with Crippen LogP contribution in [0.1, 0.15) is 32.1 Å². The Morgan fingerprint density at radius 1 is 0.974 bits per heavy atom. The van der Waals surface area contributed by atoms with E-state index in [1.54, 1.807) is 36.1 Å². The number of fused-ring (bicyclic) bond motifs is 2. The number of pyridine rings is 3. The van der Waals surface area contributed by atoms with Crippen molar-refractivity contribution in [1.82, 2.24) is 35.1 Å². The minimum Gasteiger partial charge on any atom is -0.335 e. The lowest BCUT2D eigenvalue weighted by Crippen LogP contribution is -2.24. The van der Waals surface area contributed by atoms with Gasteiger partial charge in [-0.25, -0.2) is 9.97 Å².